The number of nitrogens with one attached hydrogen (secondary N) is 2. The number of hydrogen-bond acceptors (Lipinski definition) is 3. The van der Waals surface area contributed by atoms with Crippen LogP contribution in [0, 0.1) is 0 Å². The molecule has 0 spiro atoms. The van der Waals surface area contributed by atoms with E-state index >= 15 is 0 Å². The number of carbonyl (C=O) groups excluding carboxylic acids is 2. The highest BCUT2D eigenvalue weighted by molar-refractivity contribution is 6.07. The van der Waals surface area contributed by atoms with Gasteiger partial charge >= 0.3 is 0 Å². The molecule has 0 fully saturated rings. The van der Waals surface area contributed by atoms with Gasteiger partial charge in [0, 0.05) is 18.7 Å². The third-order valence-corrected chi connectivity index (χ3v) is 3.10. The van der Waals surface area contributed by atoms with Crippen molar-refractivity contribution in [3.63, 3.8) is 0 Å². The Bertz CT molecular complexity index is 635. The summed E-state index contributed by atoms with van der Waals surface area (Å²) >= 11 is 0. The van der Waals surface area contributed by atoms with Gasteiger partial charge in [-0.05, 0) is 23.3 Å². The molecule has 5 heteroatoms. The second kappa shape index (κ2) is 7.40. The average Bonchev–Trinajstić information content (AvgIpc) is 2.52. The zero-order chi connectivity index (χ0) is 15.1. The molecule has 0 aliphatic rings. The molecular formula is C16H18N2O3. The Balaban J connectivity index is 1.98. The third kappa shape index (κ3) is 4.03. The van der Waals surface area contributed by atoms with Crippen molar-refractivity contribution in [3.8, 4) is 0 Å². The number of carbonyl (C=O) groups is 2. The van der Waals surface area contributed by atoms with Gasteiger partial charge in [0.05, 0.1) is 6.54 Å². The molecule has 2 aromatic rings. The zero-order valence-electron chi connectivity index (χ0n) is 11.6. The Morgan fingerprint density at radius 2 is 1.76 bits per heavy atom. The summed E-state index contributed by atoms with van der Waals surface area (Å²) in [5.74, 6) is -0.541. The number of fused-ring (bicyclic) bond motifs is 1. The molecule has 21 heavy (non-hydrogen) atoms. The van der Waals surface area contributed by atoms with Crippen molar-refractivity contribution in [2.45, 2.75) is 6.42 Å². The van der Waals surface area contributed by atoms with Crippen molar-refractivity contribution in [1.82, 2.24) is 10.6 Å². The summed E-state index contributed by atoms with van der Waals surface area (Å²) in [5.41, 5.74) is 0.552. The number of benzene rings is 2. The third-order valence-electron chi connectivity index (χ3n) is 3.10. The van der Waals surface area contributed by atoms with Crippen LogP contribution in [0.2, 0.25) is 0 Å². The zero-order valence-corrected chi connectivity index (χ0v) is 11.6. The lowest BCUT2D eigenvalue weighted by Gasteiger charge is -2.08. The number of rotatable bonds is 6. The maximum Gasteiger partial charge on any atom is 0.252 e. The minimum atomic E-state index is -0.274. The van der Waals surface area contributed by atoms with Crippen LogP contribution in [0.15, 0.2) is 42.5 Å². The summed E-state index contributed by atoms with van der Waals surface area (Å²) in [6.07, 6.45) is 0.503. The molecule has 3 N–H and O–H groups in total. The van der Waals surface area contributed by atoms with Gasteiger partial charge in [-0.3, -0.25) is 9.59 Å². The Hall–Kier alpha value is -2.40. The quantitative estimate of drug-likeness (QED) is 0.695. The molecule has 0 aliphatic carbocycles. The lowest BCUT2D eigenvalue weighted by Crippen LogP contribution is -2.37. The maximum atomic E-state index is 12.2. The second-order valence-electron chi connectivity index (χ2n) is 4.64. The summed E-state index contributed by atoms with van der Waals surface area (Å²) in [5, 5.41) is 15.7. The van der Waals surface area contributed by atoms with Gasteiger partial charge in [0.1, 0.15) is 0 Å². The fourth-order valence-corrected chi connectivity index (χ4v) is 2.05. The first-order chi connectivity index (χ1) is 10.2. The van der Waals surface area contributed by atoms with E-state index in [2.05, 4.69) is 10.6 Å². The van der Waals surface area contributed by atoms with Crippen LogP contribution >= 0.6 is 0 Å². The highest BCUT2D eigenvalue weighted by Gasteiger charge is 2.10. The van der Waals surface area contributed by atoms with Gasteiger partial charge < -0.3 is 15.7 Å². The van der Waals surface area contributed by atoms with Crippen LogP contribution in [0.1, 0.15) is 16.8 Å². The molecule has 0 saturated carbocycles. The molecule has 2 amide bonds. The maximum absolute atomic E-state index is 12.2. The highest BCUT2D eigenvalue weighted by atomic mass is 16.3. The first-order valence-corrected chi connectivity index (χ1v) is 6.86. The van der Waals surface area contributed by atoms with Crippen LogP contribution in [0.5, 0.6) is 0 Å². The summed E-state index contributed by atoms with van der Waals surface area (Å²) in [7, 11) is 0. The van der Waals surface area contributed by atoms with Crippen molar-refractivity contribution in [3.05, 3.63) is 48.0 Å². The molecule has 2 aromatic carbocycles. The Labute approximate surface area is 123 Å². The van der Waals surface area contributed by atoms with Gasteiger partial charge in [-0.15, -0.1) is 0 Å². The molecule has 0 aliphatic heterocycles. The average molecular weight is 286 g/mol. The van der Waals surface area contributed by atoms with E-state index in [9.17, 15) is 9.59 Å². The molecule has 5 nitrogen and oxygen atoms in total. The Morgan fingerprint density at radius 3 is 2.57 bits per heavy atom. The Kier molecular flexibility index (Phi) is 5.29. The molecule has 0 atom stereocenters. The first-order valence-electron chi connectivity index (χ1n) is 6.86. The van der Waals surface area contributed by atoms with Crippen molar-refractivity contribution >= 4 is 22.6 Å². The molecule has 0 aromatic heterocycles. The SMILES string of the molecule is O=C(CNC(=O)c1cccc2ccccc12)NCCCO. The fourth-order valence-electron chi connectivity index (χ4n) is 2.05. The molecule has 0 saturated heterocycles. The lowest BCUT2D eigenvalue weighted by atomic mass is 10.0. The minimum absolute atomic E-state index is 0.0304. The van der Waals surface area contributed by atoms with Crippen molar-refractivity contribution in [2.75, 3.05) is 19.7 Å². The summed E-state index contributed by atoms with van der Waals surface area (Å²) in [6.45, 7) is 0.357. The lowest BCUT2D eigenvalue weighted by molar-refractivity contribution is -0.120. The summed E-state index contributed by atoms with van der Waals surface area (Å²) < 4.78 is 0. The number of hydrogen-bond donors (Lipinski definition) is 3. The van der Waals surface area contributed by atoms with Gasteiger partial charge in [0.25, 0.3) is 5.91 Å². The van der Waals surface area contributed by atoms with Crippen LogP contribution in [-0.4, -0.2) is 36.6 Å². The molecule has 0 bridgehead atoms. The molecule has 0 radical (unpaired) electrons. The largest absolute Gasteiger partial charge is 0.396 e. The molecule has 110 valence electrons. The monoisotopic (exact) mass is 286 g/mol. The number of aliphatic hydroxyl groups is 1. The van der Waals surface area contributed by atoms with E-state index in [0.717, 1.165) is 10.8 Å². The predicted molar refractivity (Wildman–Crippen MR) is 81.0 cm³/mol. The van der Waals surface area contributed by atoms with E-state index in [1.165, 1.54) is 0 Å². The van der Waals surface area contributed by atoms with Crippen molar-refractivity contribution in [2.24, 2.45) is 0 Å². The van der Waals surface area contributed by atoms with Crippen molar-refractivity contribution < 1.29 is 14.7 Å². The number of amides is 2. The second-order valence-corrected chi connectivity index (χ2v) is 4.64. The van der Waals surface area contributed by atoms with Gasteiger partial charge in [0.15, 0.2) is 0 Å². The van der Waals surface area contributed by atoms with Crippen molar-refractivity contribution in [1.29, 1.82) is 0 Å². The van der Waals surface area contributed by atoms with E-state index in [1.807, 2.05) is 36.4 Å². The van der Waals surface area contributed by atoms with Gasteiger partial charge in [-0.25, -0.2) is 0 Å². The highest BCUT2D eigenvalue weighted by Crippen LogP contribution is 2.18. The van der Waals surface area contributed by atoms with E-state index in [0.29, 0.717) is 18.5 Å². The smallest absolute Gasteiger partial charge is 0.252 e. The fraction of sp³-hybridized carbons (Fsp3) is 0.250. The van der Waals surface area contributed by atoms with Gasteiger partial charge in [0.2, 0.25) is 5.91 Å². The van der Waals surface area contributed by atoms with Crippen LogP contribution in [0.25, 0.3) is 10.8 Å². The van der Waals surface area contributed by atoms with E-state index in [1.54, 1.807) is 6.07 Å². The van der Waals surface area contributed by atoms with Gasteiger partial charge in [-0.1, -0.05) is 36.4 Å². The summed E-state index contributed by atoms with van der Waals surface area (Å²) in [4.78, 5) is 23.7. The Morgan fingerprint density at radius 1 is 1.00 bits per heavy atom. The van der Waals surface area contributed by atoms with Crippen LogP contribution in [-0.2, 0) is 4.79 Å². The molecule has 2 rings (SSSR count). The predicted octanol–water partition coefficient (Wildman–Crippen LogP) is 1.07. The van der Waals surface area contributed by atoms with E-state index < -0.39 is 0 Å². The van der Waals surface area contributed by atoms with Crippen LogP contribution in [0.4, 0.5) is 0 Å². The normalized spacial score (nSPS) is 10.3. The van der Waals surface area contributed by atoms with Crippen LogP contribution < -0.4 is 10.6 Å². The number of aliphatic hydroxyl groups excluding tert-OH is 1. The van der Waals surface area contributed by atoms with Crippen LogP contribution in [0.3, 0.4) is 0 Å². The molecule has 0 unspecified atom stereocenters. The molecular weight excluding hydrogens is 268 g/mol. The minimum Gasteiger partial charge on any atom is -0.396 e. The van der Waals surface area contributed by atoms with E-state index in [4.69, 9.17) is 5.11 Å². The van der Waals surface area contributed by atoms with Gasteiger partial charge in [-0.2, -0.15) is 0 Å². The molecule has 0 heterocycles. The first kappa shape index (κ1) is 15.0. The summed E-state index contributed by atoms with van der Waals surface area (Å²) in [6, 6.07) is 13.1. The standard InChI is InChI=1S/C16H18N2O3/c19-10-4-9-17-15(20)11-18-16(21)14-8-3-6-12-5-1-2-7-13(12)14/h1-3,5-8,19H,4,9-11H2,(H,17,20)(H,18,21). The topological polar surface area (TPSA) is 78.4 Å². The van der Waals surface area contributed by atoms with E-state index in [-0.39, 0.29) is 25.0 Å².